The van der Waals surface area contributed by atoms with Gasteiger partial charge in [0.25, 0.3) is 5.91 Å². The zero-order chi connectivity index (χ0) is 20.1. The summed E-state index contributed by atoms with van der Waals surface area (Å²) in [6.45, 7) is 0.237. The van der Waals surface area contributed by atoms with Crippen LogP contribution in [0.15, 0.2) is 60.9 Å². The SMILES string of the molecule is O=C(Nc1ccc(OCc2ccncc2)cc1C(=O)[O-])c1ccc(Cl)cc1Cl.[Li+]. The van der Waals surface area contributed by atoms with E-state index in [1.165, 1.54) is 30.3 Å². The summed E-state index contributed by atoms with van der Waals surface area (Å²) in [5.74, 6) is -1.71. The van der Waals surface area contributed by atoms with Crippen molar-refractivity contribution in [3.8, 4) is 5.75 Å². The van der Waals surface area contributed by atoms with Crippen LogP contribution in [0.25, 0.3) is 0 Å². The Kier molecular flexibility index (Phi) is 8.12. The average molecular weight is 423 g/mol. The van der Waals surface area contributed by atoms with Gasteiger partial charge < -0.3 is 20.0 Å². The van der Waals surface area contributed by atoms with Crippen LogP contribution in [0.5, 0.6) is 5.75 Å². The number of halogens is 2. The Morgan fingerprint density at radius 3 is 2.38 bits per heavy atom. The van der Waals surface area contributed by atoms with Gasteiger partial charge >= 0.3 is 18.9 Å². The molecule has 0 saturated heterocycles. The van der Waals surface area contributed by atoms with Crippen LogP contribution in [0.2, 0.25) is 10.0 Å². The van der Waals surface area contributed by atoms with E-state index < -0.39 is 11.9 Å². The molecule has 0 fully saturated rings. The van der Waals surface area contributed by atoms with E-state index in [4.69, 9.17) is 27.9 Å². The summed E-state index contributed by atoms with van der Waals surface area (Å²) in [4.78, 5) is 27.8. The number of amides is 1. The summed E-state index contributed by atoms with van der Waals surface area (Å²) in [5, 5.41) is 14.6. The van der Waals surface area contributed by atoms with Crippen molar-refractivity contribution in [2.45, 2.75) is 6.61 Å². The largest absolute Gasteiger partial charge is 1.00 e. The molecule has 2 aromatic carbocycles. The standard InChI is InChI=1S/C20H14Cl2N2O4.Li/c21-13-1-3-15(17(22)9-13)19(25)24-18-4-2-14(10-16(18)20(26)27)28-11-12-5-7-23-8-6-12;/h1-10H,11H2,(H,24,25)(H,26,27);/q;+1/p-1. The molecule has 3 rings (SSSR count). The van der Waals surface area contributed by atoms with E-state index in [0.29, 0.717) is 10.8 Å². The Hall–Kier alpha value is -2.49. The molecule has 9 heteroatoms. The Bertz CT molecular complexity index is 1030. The van der Waals surface area contributed by atoms with Crippen molar-refractivity contribution < 1.29 is 38.3 Å². The van der Waals surface area contributed by atoms with Crippen molar-refractivity contribution in [3.05, 3.63) is 87.7 Å². The maximum atomic E-state index is 12.4. The molecule has 1 N–H and O–H groups in total. The molecule has 0 radical (unpaired) electrons. The van der Waals surface area contributed by atoms with Gasteiger partial charge in [-0.15, -0.1) is 0 Å². The minimum absolute atomic E-state index is 0. The average Bonchev–Trinajstić information content (AvgIpc) is 2.67. The fourth-order valence-corrected chi connectivity index (χ4v) is 2.89. The molecular formula is C20H13Cl2LiN2O4. The van der Waals surface area contributed by atoms with Crippen molar-refractivity contribution >= 4 is 40.8 Å². The van der Waals surface area contributed by atoms with Crippen molar-refractivity contribution in [1.82, 2.24) is 4.98 Å². The van der Waals surface area contributed by atoms with Gasteiger partial charge in [0.2, 0.25) is 0 Å². The smallest absolute Gasteiger partial charge is 0.545 e. The molecule has 0 aliphatic rings. The molecule has 1 amide bonds. The van der Waals surface area contributed by atoms with Gasteiger partial charge in [-0.05, 0) is 54.1 Å². The van der Waals surface area contributed by atoms with Gasteiger partial charge in [-0.2, -0.15) is 0 Å². The van der Waals surface area contributed by atoms with Crippen LogP contribution in [0.4, 0.5) is 5.69 Å². The van der Waals surface area contributed by atoms with Crippen LogP contribution in [-0.2, 0) is 6.61 Å². The third-order valence-electron chi connectivity index (χ3n) is 3.79. The molecule has 3 aromatic rings. The van der Waals surface area contributed by atoms with E-state index in [1.807, 2.05) is 0 Å². The number of pyridine rings is 1. The van der Waals surface area contributed by atoms with Crippen LogP contribution in [0.1, 0.15) is 26.3 Å². The predicted molar refractivity (Wildman–Crippen MR) is 104 cm³/mol. The number of aromatic carboxylic acids is 1. The quantitative estimate of drug-likeness (QED) is 0.587. The summed E-state index contributed by atoms with van der Waals surface area (Å²) in [5.41, 5.74) is 0.881. The molecule has 29 heavy (non-hydrogen) atoms. The minimum Gasteiger partial charge on any atom is -0.545 e. The van der Waals surface area contributed by atoms with Gasteiger partial charge in [-0.1, -0.05) is 23.2 Å². The van der Waals surface area contributed by atoms with Gasteiger partial charge in [-0.25, -0.2) is 0 Å². The molecule has 0 bridgehead atoms. The Morgan fingerprint density at radius 1 is 1.00 bits per heavy atom. The van der Waals surface area contributed by atoms with Crippen LogP contribution >= 0.6 is 23.2 Å². The summed E-state index contributed by atoms with van der Waals surface area (Å²) in [6, 6.07) is 12.2. The van der Waals surface area contributed by atoms with E-state index in [0.717, 1.165) is 5.56 Å². The summed E-state index contributed by atoms with van der Waals surface area (Å²) in [6.07, 6.45) is 3.26. The number of carbonyl (C=O) groups is 2. The number of carboxylic acid groups (broad SMARTS) is 1. The molecule has 6 nitrogen and oxygen atoms in total. The van der Waals surface area contributed by atoms with Crippen molar-refractivity contribution in [2.24, 2.45) is 0 Å². The topological polar surface area (TPSA) is 91.3 Å². The van der Waals surface area contributed by atoms with Gasteiger partial charge in [0.15, 0.2) is 0 Å². The normalized spacial score (nSPS) is 10.0. The number of nitrogens with zero attached hydrogens (tertiary/aromatic N) is 1. The van der Waals surface area contributed by atoms with Gasteiger partial charge in [0.05, 0.1) is 22.2 Å². The summed E-state index contributed by atoms with van der Waals surface area (Å²) in [7, 11) is 0. The number of ether oxygens (including phenoxy) is 1. The first-order valence-electron chi connectivity index (χ1n) is 8.07. The maximum Gasteiger partial charge on any atom is 1.00 e. The van der Waals surface area contributed by atoms with E-state index in [2.05, 4.69) is 10.3 Å². The summed E-state index contributed by atoms with van der Waals surface area (Å²) >= 11 is 11.8. The number of carboxylic acids is 1. The van der Waals surface area contributed by atoms with E-state index in [-0.39, 0.29) is 47.3 Å². The van der Waals surface area contributed by atoms with Crippen LogP contribution in [0, 0.1) is 0 Å². The Labute approximate surface area is 189 Å². The van der Waals surface area contributed by atoms with E-state index in [9.17, 15) is 14.7 Å². The van der Waals surface area contributed by atoms with Crippen LogP contribution in [-0.4, -0.2) is 16.9 Å². The Morgan fingerprint density at radius 2 is 1.72 bits per heavy atom. The first-order chi connectivity index (χ1) is 13.4. The minimum atomic E-state index is -1.45. The third-order valence-corrected chi connectivity index (χ3v) is 4.34. The number of rotatable bonds is 6. The number of anilines is 1. The Balaban J connectivity index is 0.00000300. The van der Waals surface area contributed by atoms with Crippen LogP contribution < -0.4 is 34.0 Å². The van der Waals surface area contributed by atoms with Gasteiger partial charge in [0, 0.05) is 23.0 Å². The number of nitrogens with one attached hydrogen (secondary N) is 1. The van der Waals surface area contributed by atoms with Gasteiger partial charge in [0.1, 0.15) is 12.4 Å². The van der Waals surface area contributed by atoms with Crippen molar-refractivity contribution in [2.75, 3.05) is 5.32 Å². The molecule has 1 heterocycles. The van der Waals surface area contributed by atoms with Crippen LogP contribution in [0.3, 0.4) is 0 Å². The molecule has 0 unspecified atom stereocenters. The van der Waals surface area contributed by atoms with E-state index >= 15 is 0 Å². The first-order valence-corrected chi connectivity index (χ1v) is 8.83. The molecule has 0 saturated carbocycles. The predicted octanol–water partition coefficient (Wildman–Crippen LogP) is 0.587. The molecule has 1 aromatic heterocycles. The number of aromatic nitrogens is 1. The van der Waals surface area contributed by atoms with Gasteiger partial charge in [-0.3, -0.25) is 9.78 Å². The zero-order valence-corrected chi connectivity index (χ0v) is 16.8. The molecular weight excluding hydrogens is 410 g/mol. The number of carbonyl (C=O) groups excluding carboxylic acids is 2. The second kappa shape index (κ2) is 10.3. The molecule has 142 valence electrons. The zero-order valence-electron chi connectivity index (χ0n) is 15.3. The monoisotopic (exact) mass is 422 g/mol. The summed E-state index contributed by atoms with van der Waals surface area (Å²) < 4.78 is 5.59. The third kappa shape index (κ3) is 5.99. The number of hydrogen-bond acceptors (Lipinski definition) is 5. The molecule has 0 aliphatic carbocycles. The molecule has 0 aliphatic heterocycles. The maximum absolute atomic E-state index is 12.4. The fourth-order valence-electron chi connectivity index (χ4n) is 2.40. The number of benzene rings is 2. The second-order valence-electron chi connectivity index (χ2n) is 5.72. The van der Waals surface area contributed by atoms with Crippen molar-refractivity contribution in [1.29, 1.82) is 0 Å². The van der Waals surface area contributed by atoms with Crippen molar-refractivity contribution in [3.63, 3.8) is 0 Å². The molecule has 0 spiro atoms. The second-order valence-corrected chi connectivity index (χ2v) is 6.56. The first kappa shape index (κ1) is 22.8. The fraction of sp³-hybridized carbons (Fsp3) is 0.0500. The van der Waals surface area contributed by atoms with E-state index in [1.54, 1.807) is 30.6 Å². The molecule has 0 atom stereocenters. The number of hydrogen-bond donors (Lipinski definition) is 1.